The molecule has 0 radical (unpaired) electrons. The van der Waals surface area contributed by atoms with Gasteiger partial charge in [-0.3, -0.25) is 0 Å². The molecule has 1 aliphatic rings. The van der Waals surface area contributed by atoms with Gasteiger partial charge in [-0.1, -0.05) is 49.4 Å². The van der Waals surface area contributed by atoms with Crippen molar-refractivity contribution in [1.29, 1.82) is 5.26 Å². The van der Waals surface area contributed by atoms with E-state index in [4.69, 9.17) is 5.26 Å². The average Bonchev–Trinajstić information content (AvgIpc) is 2.56. The van der Waals surface area contributed by atoms with Gasteiger partial charge in [-0.15, -0.1) is 0 Å². The van der Waals surface area contributed by atoms with E-state index in [-0.39, 0.29) is 0 Å². The molecule has 3 rings (SSSR count). The van der Waals surface area contributed by atoms with E-state index in [1.165, 1.54) is 36.0 Å². The molecule has 1 heteroatoms. The van der Waals surface area contributed by atoms with Crippen LogP contribution < -0.4 is 0 Å². The fourth-order valence-corrected chi connectivity index (χ4v) is 2.84. The van der Waals surface area contributed by atoms with Crippen molar-refractivity contribution in [3.05, 3.63) is 65.7 Å². The van der Waals surface area contributed by atoms with Gasteiger partial charge in [-0.05, 0) is 59.6 Å². The number of hydrogen-bond acceptors (Lipinski definition) is 1. The summed E-state index contributed by atoms with van der Waals surface area (Å²) in [7, 11) is 0. The fraction of sp³-hybridized carbons (Fsp3) is 0.250. The van der Waals surface area contributed by atoms with Crippen LogP contribution in [0.5, 0.6) is 0 Å². The summed E-state index contributed by atoms with van der Waals surface area (Å²) >= 11 is 0. The van der Waals surface area contributed by atoms with E-state index in [0.717, 1.165) is 11.5 Å². The van der Waals surface area contributed by atoms with E-state index in [2.05, 4.69) is 43.3 Å². The molecule has 0 bridgehead atoms. The summed E-state index contributed by atoms with van der Waals surface area (Å²) in [5.74, 6) is 0.826. The molecule has 0 unspecified atom stereocenters. The van der Waals surface area contributed by atoms with Gasteiger partial charge in [0.1, 0.15) is 0 Å². The second kappa shape index (κ2) is 5.97. The topological polar surface area (TPSA) is 23.8 Å². The number of nitriles is 1. The molecule has 104 valence electrons. The van der Waals surface area contributed by atoms with Crippen molar-refractivity contribution in [2.75, 3.05) is 0 Å². The second-order valence-electron chi connectivity index (χ2n) is 5.88. The number of nitrogens with zero attached hydrogens (tertiary/aromatic N) is 1. The van der Waals surface area contributed by atoms with Crippen molar-refractivity contribution in [3.63, 3.8) is 0 Å². The first-order chi connectivity index (χ1) is 10.3. The minimum atomic E-state index is 0.705. The lowest BCUT2D eigenvalue weighted by molar-refractivity contribution is 0.534. The average molecular weight is 273 g/mol. The Morgan fingerprint density at radius 2 is 1.48 bits per heavy atom. The minimum absolute atomic E-state index is 0.705. The van der Waals surface area contributed by atoms with Crippen molar-refractivity contribution in [2.24, 2.45) is 5.92 Å². The molecule has 21 heavy (non-hydrogen) atoms. The van der Waals surface area contributed by atoms with Gasteiger partial charge < -0.3 is 0 Å². The summed E-state index contributed by atoms with van der Waals surface area (Å²) in [6, 6.07) is 18.7. The molecule has 0 heterocycles. The summed E-state index contributed by atoms with van der Waals surface area (Å²) in [5.41, 5.74) is 5.90. The number of benzene rings is 2. The Kier molecular flexibility index (Phi) is 3.88. The molecule has 0 saturated carbocycles. The first kappa shape index (κ1) is 13.6. The maximum Gasteiger partial charge on any atom is 0.0991 e. The molecule has 0 N–H and O–H groups in total. The van der Waals surface area contributed by atoms with Crippen LogP contribution in [0.1, 0.15) is 37.3 Å². The molecule has 2 aromatic carbocycles. The quantitative estimate of drug-likeness (QED) is 0.715. The molecule has 0 spiro atoms. The smallest absolute Gasteiger partial charge is 0.0991 e. The third-order valence-corrected chi connectivity index (χ3v) is 4.28. The van der Waals surface area contributed by atoms with Crippen LogP contribution in [0.25, 0.3) is 16.7 Å². The van der Waals surface area contributed by atoms with E-state index in [1.807, 2.05) is 24.3 Å². The summed E-state index contributed by atoms with van der Waals surface area (Å²) in [4.78, 5) is 0. The van der Waals surface area contributed by atoms with Crippen LogP contribution in [0.3, 0.4) is 0 Å². The Balaban J connectivity index is 1.82. The summed E-state index contributed by atoms with van der Waals surface area (Å²) < 4.78 is 0. The van der Waals surface area contributed by atoms with E-state index < -0.39 is 0 Å². The van der Waals surface area contributed by atoms with Crippen LogP contribution in [0.2, 0.25) is 0 Å². The van der Waals surface area contributed by atoms with Crippen LogP contribution in [-0.4, -0.2) is 0 Å². The Labute approximate surface area is 126 Å². The van der Waals surface area contributed by atoms with Gasteiger partial charge in [0.25, 0.3) is 0 Å². The zero-order valence-electron chi connectivity index (χ0n) is 12.3. The minimum Gasteiger partial charge on any atom is -0.192 e. The fourth-order valence-electron chi connectivity index (χ4n) is 2.84. The Morgan fingerprint density at radius 1 is 0.905 bits per heavy atom. The van der Waals surface area contributed by atoms with Crippen LogP contribution in [-0.2, 0) is 0 Å². The lowest BCUT2D eigenvalue weighted by atomic mass is 9.87. The highest BCUT2D eigenvalue weighted by Gasteiger charge is 2.11. The van der Waals surface area contributed by atoms with Crippen molar-refractivity contribution in [2.45, 2.75) is 26.2 Å². The summed E-state index contributed by atoms with van der Waals surface area (Å²) in [5, 5.41) is 8.84. The van der Waals surface area contributed by atoms with Gasteiger partial charge >= 0.3 is 0 Å². The Bertz CT molecular complexity index is 684. The molecule has 0 aromatic heterocycles. The van der Waals surface area contributed by atoms with Gasteiger partial charge in [0.05, 0.1) is 11.6 Å². The van der Waals surface area contributed by atoms with Crippen molar-refractivity contribution < 1.29 is 0 Å². The first-order valence-electron chi connectivity index (χ1n) is 7.56. The molecule has 1 nitrogen and oxygen atoms in total. The van der Waals surface area contributed by atoms with Gasteiger partial charge in [0.2, 0.25) is 0 Å². The summed E-state index contributed by atoms with van der Waals surface area (Å²) in [6.45, 7) is 2.32. The first-order valence-corrected chi connectivity index (χ1v) is 7.56. The predicted molar refractivity (Wildman–Crippen MR) is 87.6 cm³/mol. The van der Waals surface area contributed by atoms with Crippen LogP contribution in [0.4, 0.5) is 0 Å². The molecule has 1 aliphatic carbocycles. The van der Waals surface area contributed by atoms with Crippen LogP contribution in [0.15, 0.2) is 54.6 Å². The maximum atomic E-state index is 8.84. The lowest BCUT2D eigenvalue weighted by Gasteiger charge is -2.18. The van der Waals surface area contributed by atoms with E-state index >= 15 is 0 Å². The molecular formula is C20H19N. The highest BCUT2D eigenvalue weighted by atomic mass is 14.2. The van der Waals surface area contributed by atoms with E-state index in [1.54, 1.807) is 0 Å². The number of allylic oxidation sites excluding steroid dienone is 2. The molecule has 1 atom stereocenters. The third kappa shape index (κ3) is 3.06. The summed E-state index contributed by atoms with van der Waals surface area (Å²) in [6.07, 6.45) is 6.08. The van der Waals surface area contributed by atoms with Gasteiger partial charge in [-0.25, -0.2) is 0 Å². The number of rotatable bonds is 2. The number of hydrogen-bond donors (Lipinski definition) is 0. The predicted octanol–water partition coefficient (Wildman–Crippen LogP) is 5.43. The van der Waals surface area contributed by atoms with Crippen molar-refractivity contribution in [1.82, 2.24) is 0 Å². The largest absolute Gasteiger partial charge is 0.192 e. The molecule has 2 aromatic rings. The van der Waals surface area contributed by atoms with E-state index in [9.17, 15) is 0 Å². The van der Waals surface area contributed by atoms with Crippen LogP contribution in [0, 0.1) is 17.2 Å². The monoisotopic (exact) mass is 273 g/mol. The molecule has 0 amide bonds. The zero-order valence-corrected chi connectivity index (χ0v) is 12.3. The molecule has 0 fully saturated rings. The van der Waals surface area contributed by atoms with Gasteiger partial charge in [0, 0.05) is 0 Å². The zero-order chi connectivity index (χ0) is 14.7. The highest BCUT2D eigenvalue weighted by molar-refractivity contribution is 5.71. The van der Waals surface area contributed by atoms with E-state index in [0.29, 0.717) is 5.56 Å². The van der Waals surface area contributed by atoms with Gasteiger partial charge in [0.15, 0.2) is 0 Å². The highest BCUT2D eigenvalue weighted by Crippen LogP contribution is 2.31. The molecular weight excluding hydrogens is 254 g/mol. The maximum absolute atomic E-state index is 8.84. The second-order valence-corrected chi connectivity index (χ2v) is 5.88. The normalized spacial score (nSPS) is 17.9. The Hall–Kier alpha value is -2.33. The molecule has 0 saturated heterocycles. The third-order valence-electron chi connectivity index (χ3n) is 4.28. The Morgan fingerprint density at radius 3 is 2.00 bits per heavy atom. The molecule has 0 aliphatic heterocycles. The SMILES string of the molecule is C[C@H]1CC=C(c2ccc(-c3ccc(C#N)cc3)cc2)CC1. The van der Waals surface area contributed by atoms with Gasteiger partial charge in [-0.2, -0.15) is 5.26 Å². The standard InChI is InChI=1S/C20H19N/c1-15-2-6-17(7-3-15)19-10-12-20(13-11-19)18-8-4-16(14-21)5-9-18/h4-6,8-13,15H,2-3,7H2,1H3/t15-/m0/s1. The van der Waals surface area contributed by atoms with Crippen molar-refractivity contribution in [3.8, 4) is 17.2 Å². The van der Waals surface area contributed by atoms with Crippen LogP contribution >= 0.6 is 0 Å². The van der Waals surface area contributed by atoms with Crippen molar-refractivity contribution >= 4 is 5.57 Å². The lowest BCUT2D eigenvalue weighted by Crippen LogP contribution is -2.00.